The van der Waals surface area contributed by atoms with E-state index in [4.69, 9.17) is 23.2 Å². The molecule has 21 heavy (non-hydrogen) atoms. The van der Waals surface area contributed by atoms with Crippen LogP contribution in [0.4, 0.5) is 0 Å². The molecule has 0 aromatic heterocycles. The van der Waals surface area contributed by atoms with Gasteiger partial charge in [-0.1, -0.05) is 41.9 Å². The number of thioether (sulfide) groups is 1. The van der Waals surface area contributed by atoms with E-state index in [0.29, 0.717) is 11.2 Å². The van der Waals surface area contributed by atoms with Crippen molar-refractivity contribution in [2.45, 2.75) is 29.4 Å². The summed E-state index contributed by atoms with van der Waals surface area (Å²) in [7, 11) is 0. The zero-order valence-corrected chi connectivity index (χ0v) is 14.1. The van der Waals surface area contributed by atoms with E-state index in [2.05, 4.69) is 36.4 Å². The standard InChI is InChI=1S/C18H18Cl2S/c19-12-14(9-13-5-7-16(20)8-6-13)10-17-11-15-3-1-2-4-18(15)21-17/h1-8,14,17H,9-12H2. The van der Waals surface area contributed by atoms with Gasteiger partial charge in [-0.25, -0.2) is 0 Å². The Morgan fingerprint density at radius 1 is 1.10 bits per heavy atom. The van der Waals surface area contributed by atoms with E-state index in [9.17, 15) is 0 Å². The summed E-state index contributed by atoms with van der Waals surface area (Å²) in [6.07, 6.45) is 3.38. The number of alkyl halides is 1. The summed E-state index contributed by atoms with van der Waals surface area (Å²) < 4.78 is 0. The van der Waals surface area contributed by atoms with Crippen molar-refractivity contribution in [3.05, 3.63) is 64.7 Å². The smallest absolute Gasteiger partial charge is 0.0406 e. The molecular formula is C18H18Cl2S. The second-order valence-electron chi connectivity index (χ2n) is 5.64. The van der Waals surface area contributed by atoms with Gasteiger partial charge in [-0.3, -0.25) is 0 Å². The summed E-state index contributed by atoms with van der Waals surface area (Å²) in [5.41, 5.74) is 2.82. The molecular weight excluding hydrogens is 319 g/mol. The monoisotopic (exact) mass is 336 g/mol. The van der Waals surface area contributed by atoms with E-state index in [-0.39, 0.29) is 0 Å². The highest BCUT2D eigenvalue weighted by Gasteiger charge is 2.24. The molecule has 0 fully saturated rings. The van der Waals surface area contributed by atoms with Crippen molar-refractivity contribution < 1.29 is 0 Å². The highest BCUT2D eigenvalue weighted by atomic mass is 35.5. The lowest BCUT2D eigenvalue weighted by Gasteiger charge is -2.18. The molecule has 0 spiro atoms. The van der Waals surface area contributed by atoms with E-state index in [1.54, 1.807) is 0 Å². The third-order valence-corrected chi connectivity index (χ3v) is 6.00. The van der Waals surface area contributed by atoms with Crippen LogP contribution in [0.15, 0.2) is 53.4 Å². The molecule has 3 rings (SSSR count). The first-order valence-corrected chi connectivity index (χ1v) is 9.09. The summed E-state index contributed by atoms with van der Waals surface area (Å²) >= 11 is 14.2. The lowest BCUT2D eigenvalue weighted by Crippen LogP contribution is -2.14. The molecule has 0 radical (unpaired) electrons. The number of halogens is 2. The van der Waals surface area contributed by atoms with Crippen LogP contribution in [0.2, 0.25) is 5.02 Å². The van der Waals surface area contributed by atoms with Crippen LogP contribution in [0.3, 0.4) is 0 Å². The van der Waals surface area contributed by atoms with Crippen molar-refractivity contribution in [1.29, 1.82) is 0 Å². The van der Waals surface area contributed by atoms with Gasteiger partial charge in [-0.15, -0.1) is 23.4 Å². The Morgan fingerprint density at radius 2 is 1.86 bits per heavy atom. The Hall–Kier alpha value is -0.630. The second kappa shape index (κ2) is 7.09. The molecule has 1 heterocycles. The van der Waals surface area contributed by atoms with E-state index >= 15 is 0 Å². The van der Waals surface area contributed by atoms with E-state index in [0.717, 1.165) is 17.3 Å². The Labute approximate surface area is 140 Å². The van der Waals surface area contributed by atoms with Crippen LogP contribution in [0, 0.1) is 5.92 Å². The minimum atomic E-state index is 0.527. The molecule has 2 aromatic carbocycles. The van der Waals surface area contributed by atoms with Crippen LogP contribution in [0.25, 0.3) is 0 Å². The van der Waals surface area contributed by atoms with E-state index < -0.39 is 0 Å². The molecule has 110 valence electrons. The molecule has 0 saturated carbocycles. The zero-order chi connectivity index (χ0) is 14.7. The maximum absolute atomic E-state index is 6.20. The fourth-order valence-electron chi connectivity index (χ4n) is 2.91. The van der Waals surface area contributed by atoms with Crippen molar-refractivity contribution in [3.63, 3.8) is 0 Å². The summed E-state index contributed by atoms with van der Waals surface area (Å²) in [4.78, 5) is 1.45. The van der Waals surface area contributed by atoms with Gasteiger partial charge in [0.05, 0.1) is 0 Å². The fourth-order valence-corrected chi connectivity index (χ4v) is 4.72. The quantitative estimate of drug-likeness (QED) is 0.617. The lowest BCUT2D eigenvalue weighted by atomic mass is 9.94. The SMILES string of the molecule is ClCC(Cc1ccc(Cl)cc1)CC1Cc2ccccc2S1. The predicted octanol–water partition coefficient (Wildman–Crippen LogP) is 5.84. The maximum atomic E-state index is 6.20. The number of fused-ring (bicyclic) bond motifs is 1. The largest absolute Gasteiger partial charge is 0.126 e. The topological polar surface area (TPSA) is 0 Å². The van der Waals surface area contributed by atoms with Gasteiger partial charge in [0, 0.05) is 21.0 Å². The van der Waals surface area contributed by atoms with Crippen LogP contribution >= 0.6 is 35.0 Å². The van der Waals surface area contributed by atoms with Crippen molar-refractivity contribution in [1.82, 2.24) is 0 Å². The average Bonchev–Trinajstić information content (AvgIpc) is 2.91. The highest BCUT2D eigenvalue weighted by Crippen LogP contribution is 2.40. The molecule has 1 aliphatic rings. The minimum Gasteiger partial charge on any atom is -0.126 e. The number of hydrogen-bond acceptors (Lipinski definition) is 1. The van der Waals surface area contributed by atoms with Gasteiger partial charge < -0.3 is 0 Å². The van der Waals surface area contributed by atoms with Crippen LogP contribution in [-0.2, 0) is 12.8 Å². The van der Waals surface area contributed by atoms with Crippen molar-refractivity contribution >= 4 is 35.0 Å². The summed E-state index contributed by atoms with van der Waals surface area (Å²) in [5, 5.41) is 1.46. The molecule has 0 aliphatic carbocycles. The highest BCUT2D eigenvalue weighted by molar-refractivity contribution is 8.00. The Balaban J connectivity index is 1.60. The molecule has 0 bridgehead atoms. The third kappa shape index (κ3) is 3.97. The molecule has 1 aliphatic heterocycles. The molecule has 0 amide bonds. The van der Waals surface area contributed by atoms with Gasteiger partial charge >= 0.3 is 0 Å². The van der Waals surface area contributed by atoms with Crippen LogP contribution in [0.1, 0.15) is 17.5 Å². The van der Waals surface area contributed by atoms with Gasteiger partial charge in [0.25, 0.3) is 0 Å². The summed E-state index contributed by atoms with van der Waals surface area (Å²) in [6, 6.07) is 16.9. The predicted molar refractivity (Wildman–Crippen MR) is 93.8 cm³/mol. The Morgan fingerprint density at radius 3 is 2.57 bits per heavy atom. The molecule has 0 N–H and O–H groups in total. The van der Waals surface area contributed by atoms with Crippen LogP contribution < -0.4 is 0 Å². The molecule has 2 atom stereocenters. The zero-order valence-electron chi connectivity index (χ0n) is 11.8. The van der Waals surface area contributed by atoms with Crippen molar-refractivity contribution in [2.75, 3.05) is 5.88 Å². The molecule has 2 unspecified atom stereocenters. The normalized spacial score (nSPS) is 18.5. The van der Waals surface area contributed by atoms with Crippen molar-refractivity contribution in [2.24, 2.45) is 5.92 Å². The van der Waals surface area contributed by atoms with Gasteiger partial charge in [0.2, 0.25) is 0 Å². The first kappa shape index (κ1) is 15.3. The Kier molecular flexibility index (Phi) is 5.15. The van der Waals surface area contributed by atoms with Crippen LogP contribution in [-0.4, -0.2) is 11.1 Å². The molecule has 3 heteroatoms. The average molecular weight is 337 g/mol. The van der Waals surface area contributed by atoms with Gasteiger partial charge in [-0.2, -0.15) is 0 Å². The second-order valence-corrected chi connectivity index (χ2v) is 7.73. The first-order valence-electron chi connectivity index (χ1n) is 7.29. The van der Waals surface area contributed by atoms with Crippen molar-refractivity contribution in [3.8, 4) is 0 Å². The third-order valence-electron chi connectivity index (χ3n) is 3.97. The van der Waals surface area contributed by atoms with E-state index in [1.807, 2.05) is 23.9 Å². The fraction of sp³-hybridized carbons (Fsp3) is 0.333. The van der Waals surface area contributed by atoms with Gasteiger partial charge in [0.15, 0.2) is 0 Å². The number of rotatable bonds is 5. The molecule has 0 saturated heterocycles. The summed E-state index contributed by atoms with van der Waals surface area (Å²) in [6.45, 7) is 0. The van der Waals surface area contributed by atoms with Crippen LogP contribution in [0.5, 0.6) is 0 Å². The number of hydrogen-bond donors (Lipinski definition) is 0. The summed E-state index contributed by atoms with van der Waals surface area (Å²) in [5.74, 6) is 1.25. The van der Waals surface area contributed by atoms with Gasteiger partial charge in [0.1, 0.15) is 0 Å². The maximum Gasteiger partial charge on any atom is 0.0406 e. The lowest BCUT2D eigenvalue weighted by molar-refractivity contribution is 0.524. The Bertz CT molecular complexity index is 569. The van der Waals surface area contributed by atoms with Gasteiger partial charge in [-0.05, 0) is 54.5 Å². The van der Waals surface area contributed by atoms with E-state index in [1.165, 1.54) is 28.9 Å². The molecule has 0 nitrogen and oxygen atoms in total. The minimum absolute atomic E-state index is 0.527. The number of benzene rings is 2. The first-order chi connectivity index (χ1) is 10.2. The molecule has 2 aromatic rings.